The molecule has 110 valence electrons. The normalized spacial score (nSPS) is 29.2. The molecule has 1 fully saturated rings. The molecular weight excluding hydrogens is 292 g/mol. The van der Waals surface area contributed by atoms with E-state index in [9.17, 15) is 4.79 Å². The molecule has 2 heteroatoms. The largest absolute Gasteiger partial charge is 0.294 e. The molecule has 0 aromatic heterocycles. The second kappa shape index (κ2) is 4.23. The molecule has 0 N–H and O–H groups in total. The van der Waals surface area contributed by atoms with Gasteiger partial charge >= 0.3 is 0 Å². The molecule has 1 saturated carbocycles. The van der Waals surface area contributed by atoms with Crippen LogP contribution in [0.2, 0.25) is 5.02 Å². The first-order valence-corrected chi connectivity index (χ1v) is 8.48. The van der Waals surface area contributed by atoms with Gasteiger partial charge in [-0.1, -0.05) is 29.3 Å². The van der Waals surface area contributed by atoms with Crippen molar-refractivity contribution in [3.05, 3.63) is 58.1 Å². The number of hydrogen-bond donors (Lipinski definition) is 0. The van der Waals surface area contributed by atoms with Crippen LogP contribution in [0.15, 0.2) is 42.0 Å². The van der Waals surface area contributed by atoms with Crippen LogP contribution in [0, 0.1) is 5.92 Å². The van der Waals surface area contributed by atoms with E-state index in [1.807, 2.05) is 18.2 Å². The summed E-state index contributed by atoms with van der Waals surface area (Å²) in [6.45, 7) is 0. The number of hydrogen-bond acceptors (Lipinski definition) is 1. The number of carbonyl (C=O) groups is 1. The quantitative estimate of drug-likeness (QED) is 0.592. The topological polar surface area (TPSA) is 17.1 Å². The molecule has 0 radical (unpaired) electrons. The van der Waals surface area contributed by atoms with E-state index in [-0.39, 0.29) is 5.41 Å². The number of allylic oxidation sites excluding steroid dienone is 2. The maximum atomic E-state index is 12.5. The van der Waals surface area contributed by atoms with Gasteiger partial charge in [-0.2, -0.15) is 0 Å². The fourth-order valence-corrected chi connectivity index (χ4v) is 5.21. The fraction of sp³-hybridized carbons (Fsp3) is 0.350. The second-order valence-electron chi connectivity index (χ2n) is 7.14. The summed E-state index contributed by atoms with van der Waals surface area (Å²) in [4.78, 5) is 12.5. The van der Waals surface area contributed by atoms with Crippen LogP contribution < -0.4 is 0 Å². The zero-order valence-corrected chi connectivity index (χ0v) is 13.1. The first-order valence-electron chi connectivity index (χ1n) is 8.11. The van der Waals surface area contributed by atoms with Crippen LogP contribution in [0.3, 0.4) is 0 Å². The zero-order valence-electron chi connectivity index (χ0n) is 12.4. The van der Waals surface area contributed by atoms with E-state index in [4.69, 9.17) is 11.6 Å². The lowest BCUT2D eigenvalue weighted by Crippen LogP contribution is -2.37. The van der Waals surface area contributed by atoms with E-state index in [2.05, 4.69) is 18.2 Å². The SMILES string of the molecule is O=C1CCC2(CC3=CCC2C3)c2cc3cc(Cl)ccc3cc21. The molecule has 5 rings (SSSR count). The van der Waals surface area contributed by atoms with E-state index in [1.54, 1.807) is 5.57 Å². The number of carbonyl (C=O) groups excluding carboxylic acids is 1. The second-order valence-corrected chi connectivity index (χ2v) is 7.58. The molecule has 1 spiro atoms. The molecule has 1 nitrogen and oxygen atoms in total. The van der Waals surface area contributed by atoms with Crippen molar-refractivity contribution in [2.24, 2.45) is 5.92 Å². The van der Waals surface area contributed by atoms with E-state index in [0.29, 0.717) is 18.1 Å². The Kier molecular flexibility index (Phi) is 2.48. The van der Waals surface area contributed by atoms with Gasteiger partial charge in [0.1, 0.15) is 0 Å². The van der Waals surface area contributed by atoms with Crippen molar-refractivity contribution >= 4 is 28.2 Å². The minimum atomic E-state index is 0.212. The molecule has 0 amide bonds. The first kappa shape index (κ1) is 12.9. The van der Waals surface area contributed by atoms with Crippen molar-refractivity contribution in [3.63, 3.8) is 0 Å². The molecule has 0 aliphatic heterocycles. The van der Waals surface area contributed by atoms with Crippen molar-refractivity contribution in [3.8, 4) is 0 Å². The maximum Gasteiger partial charge on any atom is 0.163 e. The molecule has 2 aromatic carbocycles. The summed E-state index contributed by atoms with van der Waals surface area (Å²) in [5, 5.41) is 3.05. The van der Waals surface area contributed by atoms with E-state index in [1.165, 1.54) is 18.4 Å². The molecule has 2 bridgehead atoms. The van der Waals surface area contributed by atoms with Crippen LogP contribution in [0.5, 0.6) is 0 Å². The minimum Gasteiger partial charge on any atom is -0.294 e. The van der Waals surface area contributed by atoms with Crippen LogP contribution in [0.1, 0.15) is 48.0 Å². The van der Waals surface area contributed by atoms with Gasteiger partial charge in [0.2, 0.25) is 0 Å². The Labute approximate surface area is 135 Å². The molecule has 3 aliphatic rings. The van der Waals surface area contributed by atoms with Crippen LogP contribution in [-0.4, -0.2) is 5.78 Å². The van der Waals surface area contributed by atoms with Gasteiger partial charge in [-0.15, -0.1) is 0 Å². The molecule has 0 saturated heterocycles. The van der Waals surface area contributed by atoms with Gasteiger partial charge in [0, 0.05) is 22.4 Å². The summed E-state index contributed by atoms with van der Waals surface area (Å²) < 4.78 is 0. The average Bonchev–Trinajstić information content (AvgIpc) is 3.11. The number of halogens is 1. The average molecular weight is 309 g/mol. The summed E-state index contributed by atoms with van der Waals surface area (Å²) in [5.74, 6) is 1.01. The number of benzene rings is 2. The summed E-state index contributed by atoms with van der Waals surface area (Å²) >= 11 is 6.17. The van der Waals surface area contributed by atoms with Crippen LogP contribution in [0.25, 0.3) is 10.8 Å². The fourth-order valence-electron chi connectivity index (χ4n) is 5.03. The van der Waals surface area contributed by atoms with Gasteiger partial charge in [0.05, 0.1) is 0 Å². The third-order valence-corrected chi connectivity index (χ3v) is 6.33. The highest BCUT2D eigenvalue weighted by atomic mass is 35.5. The molecular formula is C20H17ClO. The predicted octanol–water partition coefficient (Wildman–Crippen LogP) is 5.45. The lowest BCUT2D eigenvalue weighted by atomic mass is 9.62. The highest BCUT2D eigenvalue weighted by Crippen LogP contribution is 2.58. The molecule has 2 aromatic rings. The lowest BCUT2D eigenvalue weighted by Gasteiger charge is -2.41. The molecule has 2 atom stereocenters. The van der Waals surface area contributed by atoms with Crippen molar-refractivity contribution in [2.45, 2.75) is 37.5 Å². The summed E-state index contributed by atoms with van der Waals surface area (Å²) in [6, 6.07) is 10.3. The Morgan fingerprint density at radius 1 is 1.14 bits per heavy atom. The first-order chi connectivity index (χ1) is 10.7. The molecule has 3 aliphatic carbocycles. The Hall–Kier alpha value is -1.60. The summed E-state index contributed by atoms with van der Waals surface area (Å²) in [7, 11) is 0. The number of ketones is 1. The molecule has 22 heavy (non-hydrogen) atoms. The smallest absolute Gasteiger partial charge is 0.163 e. The van der Waals surface area contributed by atoms with Crippen LogP contribution >= 0.6 is 11.6 Å². The van der Waals surface area contributed by atoms with Gasteiger partial charge in [-0.05, 0) is 72.2 Å². The van der Waals surface area contributed by atoms with E-state index >= 15 is 0 Å². The third kappa shape index (κ3) is 1.58. The minimum absolute atomic E-state index is 0.212. The monoisotopic (exact) mass is 308 g/mol. The standard InChI is InChI=1S/C20H17ClO/c21-16-4-2-13-9-17-18(10-14(13)8-16)20(6-5-19(17)22)11-12-1-3-15(20)7-12/h1-2,4,8-10,15H,3,5-7,11H2. The number of fused-ring (bicyclic) bond motifs is 6. The third-order valence-electron chi connectivity index (χ3n) is 6.10. The van der Waals surface area contributed by atoms with E-state index < -0.39 is 0 Å². The Balaban J connectivity index is 1.80. The molecule has 2 unspecified atom stereocenters. The Bertz CT molecular complexity index is 863. The Morgan fingerprint density at radius 3 is 2.82 bits per heavy atom. The lowest BCUT2D eigenvalue weighted by molar-refractivity contribution is 0.0940. The highest BCUT2D eigenvalue weighted by Gasteiger charge is 2.51. The van der Waals surface area contributed by atoms with Crippen LogP contribution in [-0.2, 0) is 5.41 Å². The van der Waals surface area contributed by atoms with Crippen molar-refractivity contribution in [2.75, 3.05) is 0 Å². The summed E-state index contributed by atoms with van der Waals surface area (Å²) in [5.41, 5.74) is 4.08. The number of rotatable bonds is 0. The Morgan fingerprint density at radius 2 is 2.05 bits per heavy atom. The van der Waals surface area contributed by atoms with Crippen LogP contribution in [0.4, 0.5) is 0 Å². The van der Waals surface area contributed by atoms with Gasteiger partial charge < -0.3 is 0 Å². The van der Waals surface area contributed by atoms with Gasteiger partial charge in [0.25, 0.3) is 0 Å². The zero-order chi connectivity index (χ0) is 14.9. The van der Waals surface area contributed by atoms with Gasteiger partial charge in [0.15, 0.2) is 5.78 Å². The molecule has 0 heterocycles. The maximum absolute atomic E-state index is 12.5. The predicted molar refractivity (Wildman–Crippen MR) is 89.6 cm³/mol. The van der Waals surface area contributed by atoms with E-state index in [0.717, 1.165) is 34.2 Å². The van der Waals surface area contributed by atoms with Crippen molar-refractivity contribution in [1.29, 1.82) is 0 Å². The van der Waals surface area contributed by atoms with Gasteiger partial charge in [-0.25, -0.2) is 0 Å². The highest BCUT2D eigenvalue weighted by molar-refractivity contribution is 6.31. The summed E-state index contributed by atoms with van der Waals surface area (Å²) in [6.07, 6.45) is 7.73. The number of Topliss-reactive ketones (excluding diaryl/α,β-unsaturated/α-hetero) is 1. The van der Waals surface area contributed by atoms with Crippen molar-refractivity contribution in [1.82, 2.24) is 0 Å². The van der Waals surface area contributed by atoms with Crippen molar-refractivity contribution < 1.29 is 4.79 Å². The van der Waals surface area contributed by atoms with Gasteiger partial charge in [-0.3, -0.25) is 4.79 Å².